The Hall–Kier alpha value is -0.570. The highest BCUT2D eigenvalue weighted by Crippen LogP contribution is 2.35. The molecule has 0 aromatic carbocycles. The molecule has 0 aromatic heterocycles. The number of hydrogen-bond acceptors (Lipinski definition) is 2. The van der Waals surface area contributed by atoms with Gasteiger partial charge in [0.1, 0.15) is 0 Å². The van der Waals surface area contributed by atoms with Gasteiger partial charge in [0, 0.05) is 6.04 Å². The highest BCUT2D eigenvalue weighted by Gasteiger charge is 2.28. The highest BCUT2D eigenvalue weighted by molar-refractivity contribution is 5.70. The minimum absolute atomic E-state index is 0.192. The number of rotatable bonds is 5. The van der Waals surface area contributed by atoms with Gasteiger partial charge < -0.3 is 10.8 Å². The normalized spacial score (nSPS) is 23.6. The van der Waals surface area contributed by atoms with Gasteiger partial charge in [0.05, 0.1) is 5.92 Å². The van der Waals surface area contributed by atoms with Crippen molar-refractivity contribution in [3.63, 3.8) is 0 Å². The minimum atomic E-state index is -0.779. The second kappa shape index (κ2) is 4.78. The van der Waals surface area contributed by atoms with Crippen LogP contribution in [-0.2, 0) is 4.79 Å². The third-order valence-electron chi connectivity index (χ3n) is 3.63. The van der Waals surface area contributed by atoms with Gasteiger partial charge in [-0.25, -0.2) is 0 Å². The Bertz CT molecular complexity index is 201. The molecule has 1 aliphatic carbocycles. The molecule has 1 saturated carbocycles. The van der Waals surface area contributed by atoms with Gasteiger partial charge >= 0.3 is 5.97 Å². The van der Waals surface area contributed by atoms with Crippen molar-refractivity contribution in [1.29, 1.82) is 0 Å². The molecule has 0 aliphatic heterocycles. The molecular formula is C11H21NO2. The second-order valence-corrected chi connectivity index (χ2v) is 4.69. The van der Waals surface area contributed by atoms with Gasteiger partial charge in [-0.15, -0.1) is 0 Å². The van der Waals surface area contributed by atoms with Crippen molar-refractivity contribution in [3.8, 4) is 0 Å². The Balaban J connectivity index is 2.31. The van der Waals surface area contributed by atoms with Crippen LogP contribution in [0.5, 0.6) is 0 Å². The van der Waals surface area contributed by atoms with Crippen LogP contribution >= 0.6 is 0 Å². The van der Waals surface area contributed by atoms with E-state index in [1.165, 1.54) is 19.3 Å². The first-order valence-corrected chi connectivity index (χ1v) is 5.50. The maximum Gasteiger partial charge on any atom is 0.307 e. The average molecular weight is 199 g/mol. The van der Waals surface area contributed by atoms with Crippen LogP contribution in [0.3, 0.4) is 0 Å². The molecule has 3 nitrogen and oxygen atoms in total. The molecule has 3 unspecified atom stereocenters. The summed E-state index contributed by atoms with van der Waals surface area (Å²) in [6.07, 6.45) is 4.78. The van der Waals surface area contributed by atoms with E-state index in [-0.39, 0.29) is 6.04 Å². The fraction of sp³-hybridized carbons (Fsp3) is 0.909. The Labute approximate surface area is 85.7 Å². The monoisotopic (exact) mass is 199 g/mol. The van der Waals surface area contributed by atoms with Crippen LogP contribution < -0.4 is 5.73 Å². The fourth-order valence-corrected chi connectivity index (χ4v) is 2.02. The molecule has 82 valence electrons. The van der Waals surface area contributed by atoms with Gasteiger partial charge in [-0.2, -0.15) is 0 Å². The number of carbonyl (C=O) groups is 1. The lowest BCUT2D eigenvalue weighted by molar-refractivity contribution is -0.141. The Morgan fingerprint density at radius 2 is 2.07 bits per heavy atom. The van der Waals surface area contributed by atoms with Gasteiger partial charge in [0.15, 0.2) is 0 Å². The zero-order valence-electron chi connectivity index (χ0n) is 9.07. The van der Waals surface area contributed by atoms with Crippen LogP contribution in [-0.4, -0.2) is 17.1 Å². The maximum absolute atomic E-state index is 10.7. The molecule has 0 amide bonds. The van der Waals surface area contributed by atoms with Crippen LogP contribution in [0.4, 0.5) is 0 Å². The summed E-state index contributed by atoms with van der Waals surface area (Å²) < 4.78 is 0. The van der Waals surface area contributed by atoms with Crippen LogP contribution in [0.1, 0.15) is 39.5 Å². The fourth-order valence-electron chi connectivity index (χ4n) is 2.02. The molecule has 1 rings (SSSR count). The molecule has 0 spiro atoms. The summed E-state index contributed by atoms with van der Waals surface area (Å²) in [5.74, 6) is 0.179. The summed E-state index contributed by atoms with van der Waals surface area (Å²) in [5, 5.41) is 8.80. The van der Waals surface area contributed by atoms with Crippen LogP contribution in [0, 0.1) is 17.8 Å². The SMILES string of the molecule is CC(CC(N)C(C)C(=O)O)C1CCC1. The van der Waals surface area contributed by atoms with Crippen molar-refractivity contribution in [2.24, 2.45) is 23.5 Å². The van der Waals surface area contributed by atoms with Crippen molar-refractivity contribution >= 4 is 5.97 Å². The summed E-state index contributed by atoms with van der Waals surface area (Å²) in [6, 6.07) is -0.192. The van der Waals surface area contributed by atoms with E-state index in [0.29, 0.717) is 5.92 Å². The molecule has 0 aromatic rings. The molecule has 0 heterocycles. The van der Waals surface area contributed by atoms with E-state index in [1.807, 2.05) is 0 Å². The third-order valence-corrected chi connectivity index (χ3v) is 3.63. The molecule has 1 fully saturated rings. The van der Waals surface area contributed by atoms with Gasteiger partial charge in [0.25, 0.3) is 0 Å². The lowest BCUT2D eigenvalue weighted by Crippen LogP contribution is -2.36. The molecule has 0 bridgehead atoms. The predicted molar refractivity (Wildman–Crippen MR) is 55.9 cm³/mol. The summed E-state index contributed by atoms with van der Waals surface area (Å²) in [7, 11) is 0. The van der Waals surface area contributed by atoms with Crippen LogP contribution in [0.2, 0.25) is 0 Å². The molecule has 3 heteroatoms. The topological polar surface area (TPSA) is 63.3 Å². The van der Waals surface area contributed by atoms with Gasteiger partial charge in [-0.1, -0.05) is 33.1 Å². The molecule has 0 radical (unpaired) electrons. The predicted octanol–water partition coefficient (Wildman–Crippen LogP) is 1.86. The zero-order valence-corrected chi connectivity index (χ0v) is 9.07. The van der Waals surface area contributed by atoms with E-state index in [2.05, 4.69) is 6.92 Å². The van der Waals surface area contributed by atoms with E-state index < -0.39 is 11.9 Å². The molecule has 0 saturated heterocycles. The van der Waals surface area contributed by atoms with Crippen LogP contribution in [0.25, 0.3) is 0 Å². The third kappa shape index (κ3) is 2.71. The van der Waals surface area contributed by atoms with Crippen LogP contribution in [0.15, 0.2) is 0 Å². The van der Waals surface area contributed by atoms with Crippen molar-refractivity contribution in [3.05, 3.63) is 0 Å². The molecule has 14 heavy (non-hydrogen) atoms. The van der Waals surface area contributed by atoms with E-state index in [4.69, 9.17) is 10.8 Å². The lowest BCUT2D eigenvalue weighted by Gasteiger charge is -2.33. The van der Waals surface area contributed by atoms with Gasteiger partial charge in [-0.3, -0.25) is 4.79 Å². The molecule has 1 aliphatic rings. The number of carboxylic acid groups (broad SMARTS) is 1. The van der Waals surface area contributed by atoms with E-state index in [9.17, 15) is 4.79 Å². The minimum Gasteiger partial charge on any atom is -0.481 e. The van der Waals surface area contributed by atoms with E-state index in [0.717, 1.165) is 12.3 Å². The smallest absolute Gasteiger partial charge is 0.307 e. The quantitative estimate of drug-likeness (QED) is 0.710. The summed E-state index contributed by atoms with van der Waals surface area (Å²) in [4.78, 5) is 10.7. The first kappa shape index (κ1) is 11.5. The summed E-state index contributed by atoms with van der Waals surface area (Å²) in [6.45, 7) is 3.89. The first-order chi connectivity index (χ1) is 6.52. The van der Waals surface area contributed by atoms with Gasteiger partial charge in [0.2, 0.25) is 0 Å². The number of nitrogens with two attached hydrogens (primary N) is 1. The van der Waals surface area contributed by atoms with E-state index >= 15 is 0 Å². The Morgan fingerprint density at radius 1 is 1.50 bits per heavy atom. The van der Waals surface area contributed by atoms with Crippen molar-refractivity contribution in [2.75, 3.05) is 0 Å². The molecular weight excluding hydrogens is 178 g/mol. The first-order valence-electron chi connectivity index (χ1n) is 5.50. The largest absolute Gasteiger partial charge is 0.481 e. The Kier molecular flexibility index (Phi) is 3.93. The molecule has 3 N–H and O–H groups in total. The standard InChI is InChI=1S/C11H21NO2/c1-7(9-4-3-5-9)6-10(12)8(2)11(13)14/h7-10H,3-6,12H2,1-2H3,(H,13,14). The van der Waals surface area contributed by atoms with Gasteiger partial charge in [-0.05, 0) is 18.3 Å². The number of carboxylic acids is 1. The summed E-state index contributed by atoms with van der Waals surface area (Å²) >= 11 is 0. The number of aliphatic carboxylic acids is 1. The number of hydrogen-bond donors (Lipinski definition) is 2. The van der Waals surface area contributed by atoms with E-state index in [1.54, 1.807) is 6.92 Å². The average Bonchev–Trinajstić information content (AvgIpc) is 1.98. The highest BCUT2D eigenvalue weighted by atomic mass is 16.4. The van der Waals surface area contributed by atoms with Crippen molar-refractivity contribution < 1.29 is 9.90 Å². The second-order valence-electron chi connectivity index (χ2n) is 4.69. The maximum atomic E-state index is 10.7. The molecule has 3 atom stereocenters. The van der Waals surface area contributed by atoms with Crippen molar-refractivity contribution in [1.82, 2.24) is 0 Å². The lowest BCUT2D eigenvalue weighted by atomic mass is 9.73. The Morgan fingerprint density at radius 3 is 2.43 bits per heavy atom. The zero-order chi connectivity index (χ0) is 10.7. The summed E-state index contributed by atoms with van der Waals surface area (Å²) in [5.41, 5.74) is 5.85. The van der Waals surface area contributed by atoms with Crippen molar-refractivity contribution in [2.45, 2.75) is 45.6 Å².